The van der Waals surface area contributed by atoms with Gasteiger partial charge in [0, 0.05) is 36.9 Å². The Morgan fingerprint density at radius 3 is 2.57 bits per heavy atom. The highest BCUT2D eigenvalue weighted by molar-refractivity contribution is 7.98. The van der Waals surface area contributed by atoms with Gasteiger partial charge in [0.25, 0.3) is 0 Å². The van der Waals surface area contributed by atoms with Gasteiger partial charge in [0.05, 0.1) is 0 Å². The van der Waals surface area contributed by atoms with Crippen LogP contribution in [0.3, 0.4) is 0 Å². The lowest BCUT2D eigenvalue weighted by Crippen LogP contribution is -2.26. The molecule has 0 aliphatic heterocycles. The predicted molar refractivity (Wildman–Crippen MR) is 97.6 cm³/mol. The van der Waals surface area contributed by atoms with Crippen LogP contribution >= 0.6 is 11.8 Å². The van der Waals surface area contributed by atoms with Crippen LogP contribution in [0.15, 0.2) is 48.8 Å². The van der Waals surface area contributed by atoms with Crippen molar-refractivity contribution in [2.75, 3.05) is 12.3 Å². The lowest BCUT2D eigenvalue weighted by Gasteiger charge is -2.11. The molecule has 1 atom stereocenters. The van der Waals surface area contributed by atoms with Crippen molar-refractivity contribution in [3.63, 3.8) is 0 Å². The third kappa shape index (κ3) is 6.45. The van der Waals surface area contributed by atoms with E-state index in [9.17, 15) is 4.79 Å². The number of aromatic nitrogens is 1. The number of benzene rings is 1. The van der Waals surface area contributed by atoms with Crippen molar-refractivity contribution >= 4 is 17.7 Å². The van der Waals surface area contributed by atoms with Crippen molar-refractivity contribution in [1.82, 2.24) is 10.3 Å². The zero-order valence-corrected chi connectivity index (χ0v) is 14.6. The number of carbonyl (C=O) groups excluding carboxylic acids is 1. The summed E-state index contributed by atoms with van der Waals surface area (Å²) >= 11 is 1.85. The van der Waals surface area contributed by atoms with E-state index in [2.05, 4.69) is 48.4 Å². The molecule has 1 amide bonds. The molecule has 1 aromatic heterocycles. The van der Waals surface area contributed by atoms with Gasteiger partial charge in [0.2, 0.25) is 5.91 Å². The Labute approximate surface area is 142 Å². The summed E-state index contributed by atoms with van der Waals surface area (Å²) in [6, 6.07) is 12.5. The van der Waals surface area contributed by atoms with Crippen molar-refractivity contribution in [3.8, 4) is 0 Å². The molecule has 0 saturated carbocycles. The molecule has 0 aliphatic carbocycles. The number of thioether (sulfide) groups is 1. The highest BCUT2D eigenvalue weighted by Gasteiger charge is 2.10. The summed E-state index contributed by atoms with van der Waals surface area (Å²) in [5.74, 6) is 2.26. The number of carbonyl (C=O) groups is 1. The van der Waals surface area contributed by atoms with Crippen molar-refractivity contribution in [2.24, 2.45) is 0 Å². The van der Waals surface area contributed by atoms with Crippen LogP contribution < -0.4 is 5.32 Å². The first-order chi connectivity index (χ1) is 11.1. The highest BCUT2D eigenvalue weighted by atomic mass is 32.2. The lowest BCUT2D eigenvalue weighted by molar-refractivity contribution is -0.121. The molecule has 0 radical (unpaired) electrons. The second-order valence-corrected chi connectivity index (χ2v) is 6.88. The molecule has 1 aromatic carbocycles. The molecule has 0 saturated heterocycles. The molecule has 0 unspecified atom stereocenters. The lowest BCUT2D eigenvalue weighted by atomic mass is 9.99. The van der Waals surface area contributed by atoms with Crippen LogP contribution in [0.2, 0.25) is 0 Å². The third-order valence-corrected chi connectivity index (χ3v) is 4.75. The van der Waals surface area contributed by atoms with Gasteiger partial charge < -0.3 is 5.32 Å². The van der Waals surface area contributed by atoms with E-state index in [1.807, 2.05) is 23.9 Å². The molecule has 3 nitrogen and oxygen atoms in total. The number of nitrogens with one attached hydrogen (secondary N) is 1. The molecule has 0 fully saturated rings. The van der Waals surface area contributed by atoms with E-state index in [1.54, 1.807) is 12.4 Å². The van der Waals surface area contributed by atoms with E-state index in [-0.39, 0.29) is 11.8 Å². The van der Waals surface area contributed by atoms with Crippen molar-refractivity contribution in [3.05, 3.63) is 65.5 Å². The fraction of sp³-hybridized carbons (Fsp3) is 0.368. The number of aryl methyl sites for hydroxylation is 1. The van der Waals surface area contributed by atoms with Crippen molar-refractivity contribution in [2.45, 2.75) is 31.9 Å². The van der Waals surface area contributed by atoms with Crippen molar-refractivity contribution in [1.29, 1.82) is 0 Å². The van der Waals surface area contributed by atoms with E-state index in [0.717, 1.165) is 23.6 Å². The quantitative estimate of drug-likeness (QED) is 0.747. The Morgan fingerprint density at radius 1 is 1.17 bits per heavy atom. The maximum absolute atomic E-state index is 12.0. The molecule has 2 rings (SSSR count). The SMILES string of the molecule is Cc1ccc(CSCCNC(=O)C[C@@H](C)c2ccncc2)cc1. The molecule has 122 valence electrons. The van der Waals surface area contributed by atoms with Gasteiger partial charge in [-0.15, -0.1) is 0 Å². The first-order valence-corrected chi connectivity index (χ1v) is 9.10. The monoisotopic (exact) mass is 328 g/mol. The summed E-state index contributed by atoms with van der Waals surface area (Å²) in [6.45, 7) is 4.89. The van der Waals surface area contributed by atoms with Gasteiger partial charge in [0.1, 0.15) is 0 Å². The van der Waals surface area contributed by atoms with E-state index in [4.69, 9.17) is 0 Å². The molecule has 0 aliphatic rings. The number of hydrogen-bond acceptors (Lipinski definition) is 3. The summed E-state index contributed by atoms with van der Waals surface area (Å²) in [5, 5.41) is 3.00. The molecule has 23 heavy (non-hydrogen) atoms. The van der Waals surface area contributed by atoms with Gasteiger partial charge in [-0.25, -0.2) is 0 Å². The smallest absolute Gasteiger partial charge is 0.220 e. The fourth-order valence-corrected chi connectivity index (χ4v) is 3.12. The fourth-order valence-electron chi connectivity index (χ4n) is 2.30. The Bertz CT molecular complexity index is 599. The summed E-state index contributed by atoms with van der Waals surface area (Å²) in [7, 11) is 0. The van der Waals surface area contributed by atoms with E-state index in [1.165, 1.54) is 11.1 Å². The number of pyridine rings is 1. The highest BCUT2D eigenvalue weighted by Crippen LogP contribution is 2.17. The van der Waals surface area contributed by atoms with E-state index in [0.29, 0.717) is 6.42 Å². The van der Waals surface area contributed by atoms with Crippen molar-refractivity contribution < 1.29 is 4.79 Å². The maximum Gasteiger partial charge on any atom is 0.220 e. The van der Waals surface area contributed by atoms with Crippen LogP contribution in [0, 0.1) is 6.92 Å². The minimum Gasteiger partial charge on any atom is -0.355 e. The number of nitrogens with zero attached hydrogens (tertiary/aromatic N) is 1. The number of amides is 1. The van der Waals surface area contributed by atoms with Crippen LogP contribution in [0.1, 0.15) is 36.0 Å². The van der Waals surface area contributed by atoms with Gasteiger partial charge in [0.15, 0.2) is 0 Å². The Kier molecular flexibility index (Phi) is 7.14. The van der Waals surface area contributed by atoms with E-state index < -0.39 is 0 Å². The Morgan fingerprint density at radius 2 is 1.87 bits per heavy atom. The third-order valence-electron chi connectivity index (χ3n) is 3.72. The van der Waals surface area contributed by atoms with E-state index >= 15 is 0 Å². The molecular formula is C19H24N2OS. The Hall–Kier alpha value is -1.81. The summed E-state index contributed by atoms with van der Waals surface area (Å²) in [6.07, 6.45) is 4.06. The average molecular weight is 328 g/mol. The zero-order chi connectivity index (χ0) is 16.5. The molecule has 2 aromatic rings. The number of rotatable bonds is 8. The molecule has 1 N–H and O–H groups in total. The summed E-state index contributed by atoms with van der Waals surface area (Å²) < 4.78 is 0. The second kappa shape index (κ2) is 9.36. The molecule has 1 heterocycles. The zero-order valence-electron chi connectivity index (χ0n) is 13.8. The van der Waals surface area contributed by atoms with Gasteiger partial charge in [-0.3, -0.25) is 9.78 Å². The average Bonchev–Trinajstić information content (AvgIpc) is 2.57. The molecule has 4 heteroatoms. The van der Waals surface area contributed by atoms with Crippen LogP contribution in [0.4, 0.5) is 0 Å². The Balaban J connectivity index is 1.60. The first kappa shape index (κ1) is 17.5. The van der Waals surface area contributed by atoms with Crippen LogP contribution in [0.25, 0.3) is 0 Å². The van der Waals surface area contributed by atoms with Gasteiger partial charge in [-0.05, 0) is 36.1 Å². The molecule has 0 bridgehead atoms. The molecular weight excluding hydrogens is 304 g/mol. The normalized spacial score (nSPS) is 11.9. The predicted octanol–water partition coefficient (Wildman–Crippen LogP) is 3.93. The standard InChI is InChI=1S/C19H24N2OS/c1-15-3-5-17(6-4-15)14-23-12-11-21-19(22)13-16(2)18-7-9-20-10-8-18/h3-10,16H,11-14H2,1-2H3,(H,21,22)/t16-/m1/s1. The summed E-state index contributed by atoms with van der Waals surface area (Å²) in [5.41, 5.74) is 3.77. The van der Waals surface area contributed by atoms with Gasteiger partial charge in [-0.1, -0.05) is 36.8 Å². The van der Waals surface area contributed by atoms with Crippen LogP contribution in [-0.4, -0.2) is 23.2 Å². The second-order valence-electron chi connectivity index (χ2n) is 5.77. The van der Waals surface area contributed by atoms with Crippen LogP contribution in [0.5, 0.6) is 0 Å². The molecule has 0 spiro atoms. The van der Waals surface area contributed by atoms with Gasteiger partial charge >= 0.3 is 0 Å². The topological polar surface area (TPSA) is 42.0 Å². The minimum atomic E-state index is 0.116. The minimum absolute atomic E-state index is 0.116. The largest absolute Gasteiger partial charge is 0.355 e. The maximum atomic E-state index is 12.0. The summed E-state index contributed by atoms with van der Waals surface area (Å²) in [4.78, 5) is 16.0. The first-order valence-electron chi connectivity index (χ1n) is 7.95. The van der Waals surface area contributed by atoms with Crippen LogP contribution in [-0.2, 0) is 10.5 Å². The number of hydrogen-bond donors (Lipinski definition) is 1. The van der Waals surface area contributed by atoms with Gasteiger partial charge in [-0.2, -0.15) is 11.8 Å².